The minimum Gasteiger partial charge on any atom is -0.438 e. The van der Waals surface area contributed by atoms with Crippen molar-refractivity contribution in [1.82, 2.24) is 15.3 Å². The van der Waals surface area contributed by atoms with Crippen LogP contribution in [0.3, 0.4) is 0 Å². The van der Waals surface area contributed by atoms with E-state index < -0.39 is 21.8 Å². The number of rotatable bonds is 8. The van der Waals surface area contributed by atoms with Crippen LogP contribution in [0.4, 0.5) is 0 Å². The molecule has 2 aromatic rings. The first-order valence-electron chi connectivity index (χ1n) is 10.3. The monoisotopic (exact) mass is 443 g/mol. The van der Waals surface area contributed by atoms with E-state index in [1.807, 2.05) is 39.0 Å². The summed E-state index contributed by atoms with van der Waals surface area (Å²) >= 11 is 0. The van der Waals surface area contributed by atoms with Crippen LogP contribution < -0.4 is 10.1 Å². The Morgan fingerprint density at radius 2 is 1.94 bits per heavy atom. The molecule has 166 valence electrons. The second-order valence-electron chi connectivity index (χ2n) is 8.99. The zero-order chi connectivity index (χ0) is 22.6. The van der Waals surface area contributed by atoms with Gasteiger partial charge >= 0.3 is 0 Å². The van der Waals surface area contributed by atoms with Gasteiger partial charge in [-0.3, -0.25) is 4.79 Å². The highest BCUT2D eigenvalue weighted by Gasteiger charge is 2.28. The van der Waals surface area contributed by atoms with Crippen LogP contribution in [-0.2, 0) is 15.3 Å². The standard InChI is InChI=1S/C23H29N3O4S/c1-23(2,3)22-24-15-19(21(26-22)30-18-8-6-5-7-9-18)20(27)25-17(14-16-10-11-16)12-13-31(4,28)29/h5-9,12-13,15-17H,10-11,14H2,1-4H3,(H,25,27)/b13-12+/t17-/m1/s1. The largest absolute Gasteiger partial charge is 0.438 e. The molecule has 31 heavy (non-hydrogen) atoms. The van der Waals surface area contributed by atoms with E-state index in [4.69, 9.17) is 4.74 Å². The Labute approximate surface area is 183 Å². The van der Waals surface area contributed by atoms with E-state index >= 15 is 0 Å². The molecule has 0 bridgehead atoms. The Morgan fingerprint density at radius 1 is 1.26 bits per heavy atom. The van der Waals surface area contributed by atoms with Gasteiger partial charge in [-0.1, -0.05) is 57.9 Å². The summed E-state index contributed by atoms with van der Waals surface area (Å²) in [6, 6.07) is 8.71. The van der Waals surface area contributed by atoms with Crippen LogP contribution in [-0.4, -0.2) is 36.6 Å². The molecule has 0 radical (unpaired) electrons. The van der Waals surface area contributed by atoms with Gasteiger partial charge in [-0.2, -0.15) is 4.98 Å². The summed E-state index contributed by atoms with van der Waals surface area (Å²) in [6.07, 6.45) is 7.00. The number of sulfone groups is 1. The zero-order valence-electron chi connectivity index (χ0n) is 18.3. The molecule has 7 nitrogen and oxygen atoms in total. The van der Waals surface area contributed by atoms with Gasteiger partial charge in [0.2, 0.25) is 5.88 Å². The number of nitrogens with one attached hydrogen (secondary N) is 1. The minimum absolute atomic E-state index is 0.167. The maximum Gasteiger partial charge on any atom is 0.258 e. The number of amides is 1. The van der Waals surface area contributed by atoms with Crippen molar-refractivity contribution in [2.75, 3.05) is 6.26 Å². The van der Waals surface area contributed by atoms with Gasteiger partial charge in [-0.15, -0.1) is 0 Å². The van der Waals surface area contributed by atoms with Crippen LogP contribution in [0.2, 0.25) is 0 Å². The van der Waals surface area contributed by atoms with Gasteiger partial charge in [0.15, 0.2) is 9.84 Å². The average molecular weight is 444 g/mol. The van der Waals surface area contributed by atoms with Gasteiger partial charge in [0.1, 0.15) is 17.1 Å². The van der Waals surface area contributed by atoms with E-state index in [1.165, 1.54) is 12.3 Å². The predicted molar refractivity (Wildman–Crippen MR) is 120 cm³/mol. The molecular weight excluding hydrogens is 414 g/mol. The molecule has 1 aromatic carbocycles. The lowest BCUT2D eigenvalue weighted by molar-refractivity contribution is 0.0938. The number of para-hydroxylation sites is 1. The maximum absolute atomic E-state index is 13.1. The summed E-state index contributed by atoms with van der Waals surface area (Å²) < 4.78 is 29.0. The van der Waals surface area contributed by atoms with Crippen LogP contribution >= 0.6 is 0 Å². The fourth-order valence-electron chi connectivity index (χ4n) is 2.94. The smallest absolute Gasteiger partial charge is 0.258 e. The zero-order valence-corrected chi connectivity index (χ0v) is 19.1. The third kappa shape index (κ3) is 7.17. The van der Waals surface area contributed by atoms with Crippen molar-refractivity contribution in [3.63, 3.8) is 0 Å². The second-order valence-corrected chi connectivity index (χ2v) is 10.9. The lowest BCUT2D eigenvalue weighted by Gasteiger charge is -2.20. The Hall–Kier alpha value is -2.74. The number of ether oxygens (including phenoxy) is 1. The summed E-state index contributed by atoms with van der Waals surface area (Å²) in [4.78, 5) is 22.0. The highest BCUT2D eigenvalue weighted by atomic mass is 32.2. The summed E-state index contributed by atoms with van der Waals surface area (Å²) in [7, 11) is -3.29. The van der Waals surface area contributed by atoms with Crippen LogP contribution in [0.25, 0.3) is 0 Å². The fourth-order valence-corrected chi connectivity index (χ4v) is 3.42. The number of carbonyl (C=O) groups is 1. The molecule has 0 unspecified atom stereocenters. The van der Waals surface area contributed by atoms with Crippen LogP contribution in [0.5, 0.6) is 11.6 Å². The minimum atomic E-state index is -3.29. The highest BCUT2D eigenvalue weighted by molar-refractivity contribution is 7.93. The summed E-state index contributed by atoms with van der Waals surface area (Å²) in [5, 5.41) is 4.05. The molecular formula is C23H29N3O4S. The van der Waals surface area contributed by atoms with E-state index in [0.29, 0.717) is 23.9 Å². The first-order chi connectivity index (χ1) is 14.5. The lowest BCUT2D eigenvalue weighted by Crippen LogP contribution is -2.34. The maximum atomic E-state index is 13.1. The molecule has 1 fully saturated rings. The molecule has 1 atom stereocenters. The van der Waals surface area contributed by atoms with Crippen LogP contribution in [0.15, 0.2) is 48.0 Å². The molecule has 1 aliphatic carbocycles. The van der Waals surface area contributed by atoms with Gasteiger partial charge in [0.05, 0.1) is 0 Å². The van der Waals surface area contributed by atoms with E-state index in [-0.39, 0.29) is 16.9 Å². The SMILES string of the molecule is CC(C)(C)c1ncc(C(=O)N[C@H](/C=C/S(C)(=O)=O)CC2CC2)c(Oc2ccccc2)n1. The van der Waals surface area contributed by atoms with Crippen molar-refractivity contribution < 1.29 is 17.9 Å². The van der Waals surface area contributed by atoms with Crippen LogP contribution in [0, 0.1) is 5.92 Å². The van der Waals surface area contributed by atoms with Gasteiger partial charge in [-0.25, -0.2) is 13.4 Å². The first kappa shape index (κ1) is 22.9. The Morgan fingerprint density at radius 3 is 2.52 bits per heavy atom. The number of aromatic nitrogens is 2. The number of nitrogens with zero attached hydrogens (tertiary/aromatic N) is 2. The first-order valence-corrected chi connectivity index (χ1v) is 12.3. The molecule has 0 aliphatic heterocycles. The van der Waals surface area contributed by atoms with Crippen molar-refractivity contribution >= 4 is 15.7 Å². The molecule has 1 aliphatic rings. The molecule has 0 saturated heterocycles. The summed E-state index contributed by atoms with van der Waals surface area (Å²) in [5.74, 6) is 1.37. The van der Waals surface area contributed by atoms with Crippen LogP contribution in [0.1, 0.15) is 56.2 Å². The average Bonchev–Trinajstić information content (AvgIpc) is 3.49. The second kappa shape index (κ2) is 9.18. The van der Waals surface area contributed by atoms with E-state index in [1.54, 1.807) is 12.1 Å². The topological polar surface area (TPSA) is 98.2 Å². The molecule has 3 rings (SSSR count). The van der Waals surface area contributed by atoms with Gasteiger partial charge in [0, 0.05) is 29.3 Å². The van der Waals surface area contributed by atoms with Crippen molar-refractivity contribution in [2.45, 2.75) is 51.5 Å². The number of carbonyl (C=O) groups excluding carboxylic acids is 1. The molecule has 1 N–H and O–H groups in total. The Balaban J connectivity index is 1.89. The normalized spacial score (nSPS) is 15.6. The van der Waals surface area contributed by atoms with E-state index in [9.17, 15) is 13.2 Å². The molecule has 0 spiro atoms. The number of benzene rings is 1. The highest BCUT2D eigenvalue weighted by Crippen LogP contribution is 2.34. The third-order valence-electron chi connectivity index (χ3n) is 4.79. The van der Waals surface area contributed by atoms with Crippen molar-refractivity contribution in [2.24, 2.45) is 5.92 Å². The fraction of sp³-hybridized carbons (Fsp3) is 0.435. The quantitative estimate of drug-likeness (QED) is 0.662. The Kier molecular flexibility index (Phi) is 6.79. The van der Waals surface area contributed by atoms with Gasteiger partial charge in [0.25, 0.3) is 5.91 Å². The van der Waals surface area contributed by atoms with Gasteiger partial charge < -0.3 is 10.1 Å². The molecule has 1 amide bonds. The van der Waals surface area contributed by atoms with Crippen molar-refractivity contribution in [1.29, 1.82) is 0 Å². The molecule has 1 aromatic heterocycles. The van der Waals surface area contributed by atoms with E-state index in [0.717, 1.165) is 24.5 Å². The molecule has 1 heterocycles. The predicted octanol–water partition coefficient (Wildman–Crippen LogP) is 4.02. The summed E-state index contributed by atoms with van der Waals surface area (Å²) in [6.45, 7) is 5.95. The molecule has 8 heteroatoms. The van der Waals surface area contributed by atoms with Crippen molar-refractivity contribution in [3.05, 3.63) is 59.4 Å². The third-order valence-corrected chi connectivity index (χ3v) is 5.44. The van der Waals surface area contributed by atoms with E-state index in [2.05, 4.69) is 15.3 Å². The molecule has 1 saturated carbocycles. The van der Waals surface area contributed by atoms with Gasteiger partial charge in [-0.05, 0) is 24.5 Å². The lowest BCUT2D eigenvalue weighted by atomic mass is 9.95. The Bertz CT molecular complexity index is 1060. The summed E-state index contributed by atoms with van der Waals surface area (Å²) in [5.41, 5.74) is -0.123. The number of hydrogen-bond donors (Lipinski definition) is 1. The number of hydrogen-bond acceptors (Lipinski definition) is 6. The van der Waals surface area contributed by atoms with Crippen molar-refractivity contribution in [3.8, 4) is 11.6 Å².